The minimum atomic E-state index is -1.12. The van der Waals surface area contributed by atoms with Gasteiger partial charge in [0.15, 0.2) is 5.78 Å². The first-order valence-corrected chi connectivity index (χ1v) is 6.24. The summed E-state index contributed by atoms with van der Waals surface area (Å²) in [7, 11) is 0. The van der Waals surface area contributed by atoms with E-state index < -0.39 is 5.97 Å². The van der Waals surface area contributed by atoms with E-state index in [4.69, 9.17) is 9.84 Å². The highest BCUT2D eigenvalue weighted by Crippen LogP contribution is 2.23. The first-order chi connectivity index (χ1) is 9.65. The van der Waals surface area contributed by atoms with Crippen molar-refractivity contribution < 1.29 is 19.4 Å². The van der Waals surface area contributed by atoms with E-state index in [1.165, 1.54) is 12.1 Å². The fourth-order valence-electron chi connectivity index (χ4n) is 1.95. The van der Waals surface area contributed by atoms with Crippen molar-refractivity contribution in [2.45, 2.75) is 6.92 Å². The molecule has 0 aliphatic rings. The lowest BCUT2D eigenvalue weighted by atomic mass is 9.98. The van der Waals surface area contributed by atoms with Crippen LogP contribution in [0.5, 0.6) is 5.75 Å². The van der Waals surface area contributed by atoms with Crippen LogP contribution in [0.3, 0.4) is 0 Å². The number of ether oxygens (including phenoxy) is 1. The number of ketones is 1. The molecule has 2 aromatic carbocycles. The fourth-order valence-corrected chi connectivity index (χ4v) is 1.95. The number of para-hydroxylation sites is 1. The molecule has 2 rings (SSSR count). The van der Waals surface area contributed by atoms with Crippen molar-refractivity contribution in [2.75, 3.05) is 6.61 Å². The third-order valence-corrected chi connectivity index (χ3v) is 2.83. The molecule has 0 aliphatic carbocycles. The van der Waals surface area contributed by atoms with E-state index >= 15 is 0 Å². The van der Waals surface area contributed by atoms with Gasteiger partial charge in [-0.25, -0.2) is 4.79 Å². The van der Waals surface area contributed by atoms with Gasteiger partial charge in [0.1, 0.15) is 5.75 Å². The standard InChI is InChI=1S/C16H14O4/c1-2-20-14-10-6-5-9-13(14)15(17)11-7-3-4-8-12(11)16(18)19/h3-10H,2H2,1H3,(H,18,19). The second kappa shape index (κ2) is 6.02. The zero-order valence-corrected chi connectivity index (χ0v) is 11.0. The zero-order valence-electron chi connectivity index (χ0n) is 11.0. The average Bonchev–Trinajstić information content (AvgIpc) is 2.47. The second-order valence-electron chi connectivity index (χ2n) is 4.11. The Morgan fingerprint density at radius 1 is 0.950 bits per heavy atom. The van der Waals surface area contributed by atoms with E-state index in [1.807, 2.05) is 6.92 Å². The molecule has 102 valence electrons. The smallest absolute Gasteiger partial charge is 0.336 e. The Morgan fingerprint density at radius 3 is 2.10 bits per heavy atom. The molecule has 0 saturated heterocycles. The summed E-state index contributed by atoms with van der Waals surface area (Å²) >= 11 is 0. The number of carbonyl (C=O) groups is 2. The van der Waals surface area contributed by atoms with Gasteiger partial charge in [0, 0.05) is 5.56 Å². The van der Waals surface area contributed by atoms with Gasteiger partial charge in [-0.1, -0.05) is 30.3 Å². The van der Waals surface area contributed by atoms with Crippen molar-refractivity contribution in [3.8, 4) is 5.75 Å². The topological polar surface area (TPSA) is 63.6 Å². The Bertz CT molecular complexity index is 646. The summed E-state index contributed by atoms with van der Waals surface area (Å²) < 4.78 is 5.41. The highest BCUT2D eigenvalue weighted by atomic mass is 16.5. The molecule has 0 atom stereocenters. The average molecular weight is 270 g/mol. The van der Waals surface area contributed by atoms with Crippen LogP contribution in [-0.4, -0.2) is 23.5 Å². The lowest BCUT2D eigenvalue weighted by Crippen LogP contribution is -2.11. The Balaban J connectivity index is 2.50. The molecule has 0 fully saturated rings. The van der Waals surface area contributed by atoms with Crippen molar-refractivity contribution >= 4 is 11.8 Å². The maximum atomic E-state index is 12.5. The Kier molecular flexibility index (Phi) is 4.15. The number of carbonyl (C=O) groups excluding carboxylic acids is 1. The third-order valence-electron chi connectivity index (χ3n) is 2.83. The van der Waals surface area contributed by atoms with Gasteiger partial charge in [-0.05, 0) is 25.1 Å². The minimum Gasteiger partial charge on any atom is -0.493 e. The van der Waals surface area contributed by atoms with Crippen LogP contribution in [0.1, 0.15) is 33.2 Å². The molecule has 0 saturated carbocycles. The van der Waals surface area contributed by atoms with Crippen LogP contribution in [0.2, 0.25) is 0 Å². The Hall–Kier alpha value is -2.62. The number of benzene rings is 2. The zero-order chi connectivity index (χ0) is 14.5. The van der Waals surface area contributed by atoms with Crippen LogP contribution >= 0.6 is 0 Å². The summed E-state index contributed by atoms with van der Waals surface area (Å²) in [5.41, 5.74) is 0.513. The van der Waals surface area contributed by atoms with Gasteiger partial charge in [0.25, 0.3) is 0 Å². The molecule has 4 heteroatoms. The first kappa shape index (κ1) is 13.8. The van der Waals surface area contributed by atoms with Crippen LogP contribution in [0.15, 0.2) is 48.5 Å². The number of carboxylic acids is 1. The van der Waals surface area contributed by atoms with Gasteiger partial charge >= 0.3 is 5.97 Å². The normalized spacial score (nSPS) is 10.1. The van der Waals surface area contributed by atoms with Crippen LogP contribution < -0.4 is 4.74 Å². The van der Waals surface area contributed by atoms with E-state index in [0.29, 0.717) is 17.9 Å². The summed E-state index contributed by atoms with van der Waals surface area (Å²) in [6.07, 6.45) is 0. The predicted octanol–water partition coefficient (Wildman–Crippen LogP) is 3.01. The lowest BCUT2D eigenvalue weighted by molar-refractivity contribution is 0.0692. The Labute approximate surface area is 116 Å². The number of hydrogen-bond donors (Lipinski definition) is 1. The van der Waals surface area contributed by atoms with Gasteiger partial charge in [-0.15, -0.1) is 0 Å². The summed E-state index contributed by atoms with van der Waals surface area (Å²) in [6.45, 7) is 2.26. The van der Waals surface area contributed by atoms with E-state index in [0.717, 1.165) is 0 Å². The summed E-state index contributed by atoms with van der Waals surface area (Å²) in [5, 5.41) is 9.15. The minimum absolute atomic E-state index is 0.0104. The number of aromatic carboxylic acids is 1. The molecule has 2 aromatic rings. The first-order valence-electron chi connectivity index (χ1n) is 6.24. The van der Waals surface area contributed by atoms with Crippen LogP contribution in [0.4, 0.5) is 0 Å². The second-order valence-corrected chi connectivity index (χ2v) is 4.11. The largest absolute Gasteiger partial charge is 0.493 e. The highest BCUT2D eigenvalue weighted by molar-refractivity contribution is 6.15. The predicted molar refractivity (Wildman–Crippen MR) is 74.4 cm³/mol. The maximum Gasteiger partial charge on any atom is 0.336 e. The van der Waals surface area contributed by atoms with Gasteiger partial charge in [-0.3, -0.25) is 4.79 Å². The molecule has 1 N–H and O–H groups in total. The lowest BCUT2D eigenvalue weighted by Gasteiger charge is -2.10. The molecule has 0 spiro atoms. The van der Waals surface area contributed by atoms with Crippen molar-refractivity contribution in [1.29, 1.82) is 0 Å². The highest BCUT2D eigenvalue weighted by Gasteiger charge is 2.19. The molecule has 0 heterocycles. The molecule has 4 nitrogen and oxygen atoms in total. The molecule has 0 bridgehead atoms. The molecular formula is C16H14O4. The number of carboxylic acid groups (broad SMARTS) is 1. The molecule has 0 aliphatic heterocycles. The van der Waals surface area contributed by atoms with Crippen LogP contribution in [0.25, 0.3) is 0 Å². The van der Waals surface area contributed by atoms with Crippen molar-refractivity contribution in [3.05, 3.63) is 65.2 Å². The van der Waals surface area contributed by atoms with Crippen LogP contribution in [0, 0.1) is 0 Å². The van der Waals surface area contributed by atoms with Crippen molar-refractivity contribution in [2.24, 2.45) is 0 Å². The van der Waals surface area contributed by atoms with E-state index in [2.05, 4.69) is 0 Å². The quantitative estimate of drug-likeness (QED) is 0.848. The van der Waals surface area contributed by atoms with Gasteiger partial charge in [0.05, 0.1) is 17.7 Å². The third kappa shape index (κ3) is 2.69. The van der Waals surface area contributed by atoms with E-state index in [-0.39, 0.29) is 16.9 Å². The van der Waals surface area contributed by atoms with Gasteiger partial charge < -0.3 is 9.84 Å². The number of hydrogen-bond acceptors (Lipinski definition) is 3. The summed E-state index contributed by atoms with van der Waals surface area (Å²) in [6, 6.07) is 13.0. The molecule has 0 aromatic heterocycles. The summed E-state index contributed by atoms with van der Waals surface area (Å²) in [4.78, 5) is 23.7. The van der Waals surface area contributed by atoms with Crippen LogP contribution in [-0.2, 0) is 0 Å². The van der Waals surface area contributed by atoms with E-state index in [9.17, 15) is 9.59 Å². The SMILES string of the molecule is CCOc1ccccc1C(=O)c1ccccc1C(=O)O. The monoisotopic (exact) mass is 270 g/mol. The van der Waals surface area contributed by atoms with Crippen molar-refractivity contribution in [3.63, 3.8) is 0 Å². The molecule has 0 radical (unpaired) electrons. The molecule has 0 amide bonds. The Morgan fingerprint density at radius 2 is 1.50 bits per heavy atom. The molecule has 20 heavy (non-hydrogen) atoms. The summed E-state index contributed by atoms with van der Waals surface area (Å²) in [5.74, 6) is -1.02. The fraction of sp³-hybridized carbons (Fsp3) is 0.125. The van der Waals surface area contributed by atoms with Crippen molar-refractivity contribution in [1.82, 2.24) is 0 Å². The van der Waals surface area contributed by atoms with Gasteiger partial charge in [0.2, 0.25) is 0 Å². The van der Waals surface area contributed by atoms with Gasteiger partial charge in [-0.2, -0.15) is 0 Å². The molecular weight excluding hydrogens is 256 g/mol. The molecule has 0 unspecified atom stereocenters. The number of rotatable bonds is 5. The maximum absolute atomic E-state index is 12.5. The van der Waals surface area contributed by atoms with E-state index in [1.54, 1.807) is 36.4 Å².